The van der Waals surface area contributed by atoms with Crippen molar-refractivity contribution in [1.29, 1.82) is 0 Å². The van der Waals surface area contributed by atoms with Crippen LogP contribution in [0.15, 0.2) is 0 Å². The van der Waals surface area contributed by atoms with E-state index in [2.05, 4.69) is 53.0 Å². The van der Waals surface area contributed by atoms with Gasteiger partial charge in [-0.2, -0.15) is 11.8 Å². The largest absolute Gasteiger partial charge is 0.518 e. The van der Waals surface area contributed by atoms with Crippen LogP contribution >= 0.6 is 11.8 Å². The zero-order chi connectivity index (χ0) is 14.2. The molecular formula is C13H27NO2SSi. The third-order valence-corrected chi connectivity index (χ3v) is 9.73. The van der Waals surface area contributed by atoms with Crippen LogP contribution in [0.4, 0.5) is 0 Å². The molecule has 18 heavy (non-hydrogen) atoms. The van der Waals surface area contributed by atoms with Gasteiger partial charge in [0.1, 0.15) is 6.04 Å². The van der Waals surface area contributed by atoms with Gasteiger partial charge < -0.3 is 9.74 Å². The Morgan fingerprint density at radius 1 is 1.39 bits per heavy atom. The Morgan fingerprint density at radius 2 is 1.94 bits per heavy atom. The minimum atomic E-state index is -2.01. The van der Waals surface area contributed by atoms with Crippen LogP contribution in [0.25, 0.3) is 0 Å². The molecule has 0 aromatic rings. The van der Waals surface area contributed by atoms with Crippen LogP contribution < -0.4 is 5.32 Å². The Hall–Kier alpha value is -0.00312. The number of thioether (sulfide) groups is 1. The summed E-state index contributed by atoms with van der Waals surface area (Å²) in [6, 6.07) is -0.189. The number of hydrogen-bond acceptors (Lipinski definition) is 4. The molecule has 5 heteroatoms. The van der Waals surface area contributed by atoms with Gasteiger partial charge in [-0.05, 0) is 32.0 Å². The van der Waals surface area contributed by atoms with E-state index in [0.29, 0.717) is 0 Å². The van der Waals surface area contributed by atoms with Crippen molar-refractivity contribution >= 4 is 26.0 Å². The molecule has 1 unspecified atom stereocenters. The molecule has 1 aliphatic heterocycles. The Balaban J connectivity index is 2.77. The van der Waals surface area contributed by atoms with Crippen LogP contribution in [-0.4, -0.2) is 37.4 Å². The first kappa shape index (κ1) is 16.1. The molecule has 0 aliphatic carbocycles. The molecule has 0 radical (unpaired) electrons. The SMILES string of the molecule is CC1(C)SCCNC1C(=O)O[Si](C)(C)C(C)(C)C. The Morgan fingerprint density at radius 3 is 2.39 bits per heavy atom. The lowest BCUT2D eigenvalue weighted by atomic mass is 10.0. The second-order valence-electron chi connectivity index (χ2n) is 7.02. The van der Waals surface area contributed by atoms with Crippen molar-refractivity contribution in [3.05, 3.63) is 0 Å². The maximum Gasteiger partial charge on any atom is 0.311 e. The highest BCUT2D eigenvalue weighted by Gasteiger charge is 2.45. The number of carbonyl (C=O) groups is 1. The van der Waals surface area contributed by atoms with Gasteiger partial charge in [-0.3, -0.25) is 4.79 Å². The lowest BCUT2D eigenvalue weighted by molar-refractivity contribution is -0.138. The van der Waals surface area contributed by atoms with E-state index in [1.165, 1.54) is 0 Å². The normalized spacial score (nSPS) is 24.7. The average molecular weight is 290 g/mol. The van der Waals surface area contributed by atoms with E-state index in [1.807, 2.05) is 11.8 Å². The molecule has 106 valence electrons. The minimum Gasteiger partial charge on any atom is -0.518 e. The van der Waals surface area contributed by atoms with Gasteiger partial charge in [0, 0.05) is 17.0 Å². The lowest BCUT2D eigenvalue weighted by Crippen LogP contribution is -2.57. The van der Waals surface area contributed by atoms with Crippen LogP contribution in [-0.2, 0) is 9.22 Å². The number of carbonyl (C=O) groups excluding carboxylic acids is 1. The highest BCUT2D eigenvalue weighted by Crippen LogP contribution is 2.38. The monoisotopic (exact) mass is 289 g/mol. The van der Waals surface area contributed by atoms with Gasteiger partial charge in [0.25, 0.3) is 8.32 Å². The van der Waals surface area contributed by atoms with E-state index in [9.17, 15) is 4.79 Å². The van der Waals surface area contributed by atoms with Crippen molar-refractivity contribution in [2.24, 2.45) is 0 Å². The molecule has 3 nitrogen and oxygen atoms in total. The van der Waals surface area contributed by atoms with Crippen molar-refractivity contribution in [2.45, 2.75) is 63.5 Å². The maximum absolute atomic E-state index is 12.4. The third kappa shape index (κ3) is 3.51. The summed E-state index contributed by atoms with van der Waals surface area (Å²) in [5.74, 6) is 0.982. The molecule has 1 aliphatic rings. The molecule has 0 bridgehead atoms. The summed E-state index contributed by atoms with van der Waals surface area (Å²) in [4.78, 5) is 12.4. The topological polar surface area (TPSA) is 38.3 Å². The summed E-state index contributed by atoms with van der Waals surface area (Å²) < 4.78 is 5.82. The van der Waals surface area contributed by atoms with Gasteiger partial charge in [-0.1, -0.05) is 20.8 Å². The highest BCUT2D eigenvalue weighted by atomic mass is 32.2. The van der Waals surface area contributed by atoms with Crippen LogP contribution in [0, 0.1) is 0 Å². The van der Waals surface area contributed by atoms with E-state index in [4.69, 9.17) is 4.43 Å². The van der Waals surface area contributed by atoms with E-state index >= 15 is 0 Å². The second-order valence-corrected chi connectivity index (χ2v) is 13.5. The first-order valence-corrected chi connectivity index (χ1v) is 10.5. The molecule has 1 saturated heterocycles. The molecule has 0 spiro atoms. The van der Waals surface area contributed by atoms with Crippen LogP contribution in [0.5, 0.6) is 0 Å². The number of rotatable bonds is 2. The van der Waals surface area contributed by atoms with E-state index < -0.39 is 8.32 Å². The predicted molar refractivity (Wildman–Crippen MR) is 81.6 cm³/mol. The zero-order valence-electron chi connectivity index (χ0n) is 12.7. The quantitative estimate of drug-likeness (QED) is 0.793. The van der Waals surface area contributed by atoms with E-state index in [1.54, 1.807) is 0 Å². The molecule has 1 fully saturated rings. The van der Waals surface area contributed by atoms with Crippen molar-refractivity contribution in [1.82, 2.24) is 5.32 Å². The Kier molecular flexibility index (Phi) is 4.61. The van der Waals surface area contributed by atoms with Crippen molar-refractivity contribution in [3.63, 3.8) is 0 Å². The van der Waals surface area contributed by atoms with Crippen molar-refractivity contribution < 1.29 is 9.22 Å². The maximum atomic E-state index is 12.4. The summed E-state index contributed by atoms with van der Waals surface area (Å²) in [5, 5.41) is 3.37. The third-order valence-electron chi connectivity index (χ3n) is 4.02. The Bertz CT molecular complexity index is 323. The summed E-state index contributed by atoms with van der Waals surface area (Å²) in [5.41, 5.74) is 0. The van der Waals surface area contributed by atoms with Crippen LogP contribution in [0.3, 0.4) is 0 Å². The summed E-state index contributed by atoms with van der Waals surface area (Å²) >= 11 is 1.84. The fraction of sp³-hybridized carbons (Fsp3) is 0.923. The van der Waals surface area contributed by atoms with Gasteiger partial charge in [0.2, 0.25) is 0 Å². The summed E-state index contributed by atoms with van der Waals surface area (Å²) in [6.45, 7) is 15.8. The van der Waals surface area contributed by atoms with E-state index in [0.717, 1.165) is 12.3 Å². The fourth-order valence-electron chi connectivity index (χ4n) is 1.68. The molecule has 0 aromatic heterocycles. The summed E-state index contributed by atoms with van der Waals surface area (Å²) in [7, 11) is -2.01. The molecule has 0 saturated carbocycles. The first-order valence-electron chi connectivity index (χ1n) is 6.57. The zero-order valence-corrected chi connectivity index (χ0v) is 14.5. The number of hydrogen-bond donors (Lipinski definition) is 1. The fourth-order valence-corrected chi connectivity index (χ4v) is 3.70. The lowest BCUT2D eigenvalue weighted by Gasteiger charge is -2.41. The molecule has 1 atom stereocenters. The first-order chi connectivity index (χ1) is 7.97. The van der Waals surface area contributed by atoms with Gasteiger partial charge in [0.05, 0.1) is 0 Å². The molecule has 0 aromatic carbocycles. The van der Waals surface area contributed by atoms with E-state index in [-0.39, 0.29) is 21.8 Å². The van der Waals surface area contributed by atoms with Gasteiger partial charge in [-0.25, -0.2) is 0 Å². The van der Waals surface area contributed by atoms with Gasteiger partial charge in [-0.15, -0.1) is 0 Å². The van der Waals surface area contributed by atoms with Gasteiger partial charge >= 0.3 is 5.97 Å². The molecule has 0 amide bonds. The standard InChI is InChI=1S/C13H27NO2SSi/c1-12(2,3)18(6,7)16-11(15)10-13(4,5)17-9-8-14-10/h10,14H,8-9H2,1-7H3. The predicted octanol–water partition coefficient (Wildman–Crippen LogP) is 3.02. The highest BCUT2D eigenvalue weighted by molar-refractivity contribution is 8.00. The smallest absolute Gasteiger partial charge is 0.311 e. The molecular weight excluding hydrogens is 262 g/mol. The van der Waals surface area contributed by atoms with Crippen LogP contribution in [0.1, 0.15) is 34.6 Å². The molecule has 1 rings (SSSR count). The molecule has 1 heterocycles. The molecule has 1 N–H and O–H groups in total. The Labute approximate surface area is 117 Å². The van der Waals surface area contributed by atoms with Gasteiger partial charge in [0.15, 0.2) is 0 Å². The summed E-state index contributed by atoms with van der Waals surface area (Å²) in [6.07, 6.45) is 0. The average Bonchev–Trinajstić information content (AvgIpc) is 2.13. The second kappa shape index (κ2) is 5.17. The van der Waals surface area contributed by atoms with Crippen LogP contribution in [0.2, 0.25) is 18.1 Å². The van der Waals surface area contributed by atoms with Crippen molar-refractivity contribution in [2.75, 3.05) is 12.3 Å². The minimum absolute atomic E-state index is 0.0641. The van der Waals surface area contributed by atoms with Crippen molar-refractivity contribution in [3.8, 4) is 0 Å². The number of nitrogens with one attached hydrogen (secondary N) is 1.